The summed E-state index contributed by atoms with van der Waals surface area (Å²) in [7, 11) is 0. The highest BCUT2D eigenvalue weighted by molar-refractivity contribution is 5.98. The van der Waals surface area contributed by atoms with Crippen LogP contribution in [0.5, 0.6) is 0 Å². The molecule has 0 aliphatic heterocycles. The standard InChI is InChI=1S/C13H13N5/c1-9-16-17-10(2)18(9)15-8-11-7-14-13-6-4-3-5-12(11)13/h3-8,14H,1-2H3/b15-8-. The molecule has 1 N–H and O–H groups in total. The lowest BCUT2D eigenvalue weighted by Crippen LogP contribution is -1.95. The third kappa shape index (κ3) is 1.69. The van der Waals surface area contributed by atoms with Crippen molar-refractivity contribution in [2.45, 2.75) is 13.8 Å². The molecule has 1 aromatic carbocycles. The van der Waals surface area contributed by atoms with E-state index >= 15 is 0 Å². The van der Waals surface area contributed by atoms with Gasteiger partial charge in [-0.15, -0.1) is 10.2 Å². The number of aromatic amines is 1. The van der Waals surface area contributed by atoms with Crippen molar-refractivity contribution in [3.8, 4) is 0 Å². The van der Waals surface area contributed by atoms with Gasteiger partial charge in [0.05, 0.1) is 6.21 Å². The number of rotatable bonds is 2. The third-order valence-electron chi connectivity index (χ3n) is 2.89. The Morgan fingerprint density at radius 1 is 1.17 bits per heavy atom. The molecule has 0 amide bonds. The van der Waals surface area contributed by atoms with Crippen molar-refractivity contribution in [3.05, 3.63) is 47.7 Å². The van der Waals surface area contributed by atoms with Crippen molar-refractivity contribution < 1.29 is 0 Å². The maximum atomic E-state index is 4.40. The van der Waals surface area contributed by atoms with Gasteiger partial charge in [0.1, 0.15) is 0 Å². The van der Waals surface area contributed by atoms with E-state index in [2.05, 4.69) is 26.3 Å². The van der Waals surface area contributed by atoms with Crippen LogP contribution in [0.3, 0.4) is 0 Å². The summed E-state index contributed by atoms with van der Waals surface area (Å²) in [5, 5.41) is 13.5. The summed E-state index contributed by atoms with van der Waals surface area (Å²) < 4.78 is 1.72. The van der Waals surface area contributed by atoms with E-state index in [1.165, 1.54) is 0 Å². The van der Waals surface area contributed by atoms with Gasteiger partial charge in [-0.25, -0.2) is 4.68 Å². The molecule has 5 nitrogen and oxygen atoms in total. The first-order valence-electron chi connectivity index (χ1n) is 5.75. The number of fused-ring (bicyclic) bond motifs is 1. The second kappa shape index (κ2) is 4.10. The molecule has 0 aliphatic rings. The first-order valence-corrected chi connectivity index (χ1v) is 5.75. The second-order valence-corrected chi connectivity index (χ2v) is 4.14. The first-order chi connectivity index (χ1) is 8.75. The zero-order valence-corrected chi connectivity index (χ0v) is 10.3. The number of aryl methyl sites for hydroxylation is 2. The summed E-state index contributed by atoms with van der Waals surface area (Å²) in [6, 6.07) is 8.14. The van der Waals surface area contributed by atoms with E-state index < -0.39 is 0 Å². The average Bonchev–Trinajstić information content (AvgIpc) is 2.93. The molecular weight excluding hydrogens is 226 g/mol. The minimum absolute atomic E-state index is 0.781. The lowest BCUT2D eigenvalue weighted by molar-refractivity contribution is 0.799. The van der Waals surface area contributed by atoms with Gasteiger partial charge in [-0.1, -0.05) is 18.2 Å². The molecule has 0 radical (unpaired) electrons. The molecule has 0 fully saturated rings. The number of nitrogens with one attached hydrogen (secondary N) is 1. The van der Waals surface area contributed by atoms with Crippen LogP contribution in [0.2, 0.25) is 0 Å². The van der Waals surface area contributed by atoms with Gasteiger partial charge < -0.3 is 4.98 Å². The summed E-state index contributed by atoms with van der Waals surface area (Å²) in [5.41, 5.74) is 2.16. The molecular formula is C13H13N5. The zero-order valence-electron chi connectivity index (χ0n) is 10.3. The monoisotopic (exact) mass is 239 g/mol. The van der Waals surface area contributed by atoms with Gasteiger partial charge >= 0.3 is 0 Å². The number of hydrogen-bond donors (Lipinski definition) is 1. The minimum atomic E-state index is 0.781. The average molecular weight is 239 g/mol. The smallest absolute Gasteiger partial charge is 0.151 e. The van der Waals surface area contributed by atoms with Crippen molar-refractivity contribution in [2.75, 3.05) is 0 Å². The lowest BCUT2D eigenvalue weighted by atomic mass is 10.2. The first kappa shape index (κ1) is 10.7. The van der Waals surface area contributed by atoms with Crippen molar-refractivity contribution in [1.29, 1.82) is 0 Å². The molecule has 0 atom stereocenters. The SMILES string of the molecule is Cc1nnc(C)n1/N=C\c1c[nH]c2ccccc12. The Bertz CT molecular complexity index is 700. The van der Waals surface area contributed by atoms with Crippen LogP contribution in [0.25, 0.3) is 10.9 Å². The van der Waals surface area contributed by atoms with E-state index in [4.69, 9.17) is 0 Å². The molecule has 3 aromatic rings. The molecule has 0 unspecified atom stereocenters. The van der Waals surface area contributed by atoms with Gasteiger partial charge in [0.15, 0.2) is 11.6 Å². The Labute approximate surface area is 104 Å². The van der Waals surface area contributed by atoms with Crippen LogP contribution >= 0.6 is 0 Å². The summed E-state index contributed by atoms with van der Waals surface area (Å²) in [5.74, 6) is 1.56. The van der Waals surface area contributed by atoms with Gasteiger partial charge in [-0.3, -0.25) is 0 Å². The molecule has 0 saturated heterocycles. The van der Waals surface area contributed by atoms with E-state index in [0.29, 0.717) is 0 Å². The second-order valence-electron chi connectivity index (χ2n) is 4.14. The van der Waals surface area contributed by atoms with Crippen molar-refractivity contribution in [1.82, 2.24) is 19.9 Å². The van der Waals surface area contributed by atoms with E-state index in [9.17, 15) is 0 Å². The number of para-hydroxylation sites is 1. The fourth-order valence-electron chi connectivity index (χ4n) is 1.95. The van der Waals surface area contributed by atoms with Crippen LogP contribution in [-0.2, 0) is 0 Å². The predicted molar refractivity (Wildman–Crippen MR) is 70.8 cm³/mol. The fraction of sp³-hybridized carbons (Fsp3) is 0.154. The molecule has 5 heteroatoms. The fourth-order valence-corrected chi connectivity index (χ4v) is 1.95. The van der Waals surface area contributed by atoms with Crippen LogP contribution in [0.15, 0.2) is 35.6 Å². The van der Waals surface area contributed by atoms with E-state index in [1.807, 2.05) is 44.5 Å². The predicted octanol–water partition coefficient (Wildman–Crippen LogP) is 2.26. The minimum Gasteiger partial charge on any atom is -0.361 e. The Morgan fingerprint density at radius 3 is 2.67 bits per heavy atom. The van der Waals surface area contributed by atoms with Gasteiger partial charge in [0.25, 0.3) is 0 Å². The highest BCUT2D eigenvalue weighted by atomic mass is 15.4. The maximum Gasteiger partial charge on any atom is 0.151 e. The van der Waals surface area contributed by atoms with E-state index in [0.717, 1.165) is 28.1 Å². The van der Waals surface area contributed by atoms with Crippen LogP contribution in [0.1, 0.15) is 17.2 Å². The van der Waals surface area contributed by atoms with Crippen LogP contribution < -0.4 is 0 Å². The summed E-state index contributed by atoms with van der Waals surface area (Å²) in [4.78, 5) is 3.22. The van der Waals surface area contributed by atoms with Crippen molar-refractivity contribution in [3.63, 3.8) is 0 Å². The molecule has 18 heavy (non-hydrogen) atoms. The summed E-state index contributed by atoms with van der Waals surface area (Å²) in [6.07, 6.45) is 3.77. The van der Waals surface area contributed by atoms with Gasteiger partial charge in [0, 0.05) is 22.7 Å². The van der Waals surface area contributed by atoms with Gasteiger partial charge in [0.2, 0.25) is 0 Å². The van der Waals surface area contributed by atoms with Crippen molar-refractivity contribution >= 4 is 17.1 Å². The normalized spacial score (nSPS) is 11.7. The number of hydrogen-bond acceptors (Lipinski definition) is 3. The molecule has 2 aromatic heterocycles. The molecule has 0 saturated carbocycles. The van der Waals surface area contributed by atoms with Crippen molar-refractivity contribution in [2.24, 2.45) is 5.10 Å². The van der Waals surface area contributed by atoms with Crippen LogP contribution in [-0.4, -0.2) is 26.1 Å². The molecule has 2 heterocycles. The zero-order chi connectivity index (χ0) is 12.5. The largest absolute Gasteiger partial charge is 0.361 e. The number of H-pyrrole nitrogens is 1. The number of aromatic nitrogens is 4. The van der Waals surface area contributed by atoms with E-state index in [1.54, 1.807) is 4.68 Å². The van der Waals surface area contributed by atoms with Crippen LogP contribution in [0.4, 0.5) is 0 Å². The van der Waals surface area contributed by atoms with E-state index in [-0.39, 0.29) is 0 Å². The molecule has 3 rings (SSSR count). The van der Waals surface area contributed by atoms with Gasteiger partial charge in [-0.2, -0.15) is 5.10 Å². The third-order valence-corrected chi connectivity index (χ3v) is 2.89. The molecule has 0 aliphatic carbocycles. The Balaban J connectivity index is 2.02. The lowest BCUT2D eigenvalue weighted by Gasteiger charge is -1.96. The van der Waals surface area contributed by atoms with Crippen LogP contribution in [0, 0.1) is 13.8 Å². The number of benzene rings is 1. The number of nitrogens with zero attached hydrogens (tertiary/aromatic N) is 4. The van der Waals surface area contributed by atoms with Gasteiger partial charge in [-0.05, 0) is 19.9 Å². The molecule has 90 valence electrons. The summed E-state index contributed by atoms with van der Waals surface area (Å²) in [6.45, 7) is 3.76. The Hall–Kier alpha value is -2.43. The molecule has 0 bridgehead atoms. The Morgan fingerprint density at radius 2 is 1.89 bits per heavy atom. The summed E-state index contributed by atoms with van der Waals surface area (Å²) >= 11 is 0. The maximum absolute atomic E-state index is 4.40. The Kier molecular flexibility index (Phi) is 2.44. The highest BCUT2D eigenvalue weighted by Gasteiger charge is 2.03. The quantitative estimate of drug-likeness (QED) is 0.697. The molecule has 0 spiro atoms. The topological polar surface area (TPSA) is 58.9 Å². The highest BCUT2D eigenvalue weighted by Crippen LogP contribution is 2.15.